The second-order valence-corrected chi connectivity index (χ2v) is 11.7. The molecular weight excluding hydrogens is 470 g/mol. The molecule has 2 aromatic rings. The Bertz CT molecular complexity index is 1060. The third-order valence-electron chi connectivity index (χ3n) is 8.62. The molecule has 2 aliphatic rings. The highest BCUT2D eigenvalue weighted by Gasteiger charge is 2.51. The summed E-state index contributed by atoms with van der Waals surface area (Å²) in [5, 5.41) is 23.3. The second kappa shape index (κ2) is 9.89. The van der Waals surface area contributed by atoms with Gasteiger partial charge in [0.1, 0.15) is 5.60 Å². The molecule has 2 saturated carbocycles. The standard InChI is InChI=1S/C27H37ClF2N4O/c1-18(13-16-27(29,30)25(2,3)35)21-11-12-22-19(8-7-15-26(21,22)4)14-17-34-32-24(31-33-34)20-9-5-6-10-23(20)28/h5-6,9-10,14,18,21-22,35H,7-8,11-13,15-17H2,1-4H3/b19-14+/t18-,21-,22+,26-/m1/s1. The van der Waals surface area contributed by atoms with Crippen LogP contribution in [0, 0.1) is 23.2 Å². The molecule has 4 rings (SSSR count). The predicted molar refractivity (Wildman–Crippen MR) is 134 cm³/mol. The van der Waals surface area contributed by atoms with Gasteiger partial charge in [-0.25, -0.2) is 8.78 Å². The Hall–Kier alpha value is -1.86. The summed E-state index contributed by atoms with van der Waals surface area (Å²) in [7, 11) is 0. The molecule has 0 aliphatic heterocycles. The van der Waals surface area contributed by atoms with Crippen molar-refractivity contribution in [1.29, 1.82) is 0 Å². The fourth-order valence-electron chi connectivity index (χ4n) is 6.44. The van der Waals surface area contributed by atoms with E-state index < -0.39 is 11.5 Å². The Morgan fingerprint density at radius 3 is 2.74 bits per heavy atom. The van der Waals surface area contributed by atoms with Crippen LogP contribution in [-0.4, -0.2) is 36.8 Å². The topological polar surface area (TPSA) is 63.8 Å². The van der Waals surface area contributed by atoms with Crippen LogP contribution in [0.1, 0.15) is 72.6 Å². The van der Waals surface area contributed by atoms with Crippen molar-refractivity contribution in [1.82, 2.24) is 20.2 Å². The maximum Gasteiger partial charge on any atom is 0.275 e. The van der Waals surface area contributed by atoms with Gasteiger partial charge in [0.05, 0.1) is 11.6 Å². The minimum Gasteiger partial charge on any atom is -0.384 e. The first-order chi connectivity index (χ1) is 16.4. The molecule has 1 N–H and O–H groups in total. The number of aliphatic hydroxyl groups is 1. The summed E-state index contributed by atoms with van der Waals surface area (Å²) in [4.78, 5) is 1.60. The molecule has 1 aromatic carbocycles. The third-order valence-corrected chi connectivity index (χ3v) is 8.95. The van der Waals surface area contributed by atoms with Gasteiger partial charge in [-0.15, -0.1) is 10.2 Å². The van der Waals surface area contributed by atoms with Crippen LogP contribution in [0.3, 0.4) is 0 Å². The molecule has 192 valence electrons. The van der Waals surface area contributed by atoms with E-state index in [1.807, 2.05) is 24.3 Å². The van der Waals surface area contributed by atoms with Gasteiger partial charge in [0.25, 0.3) is 5.92 Å². The van der Waals surface area contributed by atoms with Crippen LogP contribution >= 0.6 is 11.6 Å². The highest BCUT2D eigenvalue weighted by molar-refractivity contribution is 6.33. The van der Waals surface area contributed by atoms with Crippen molar-refractivity contribution in [2.24, 2.45) is 23.2 Å². The highest BCUT2D eigenvalue weighted by atomic mass is 35.5. The van der Waals surface area contributed by atoms with Crippen LogP contribution in [-0.2, 0) is 6.54 Å². The lowest BCUT2D eigenvalue weighted by molar-refractivity contribution is -0.168. The molecule has 2 fully saturated rings. The summed E-state index contributed by atoms with van der Waals surface area (Å²) in [6.07, 6.45) is 7.85. The van der Waals surface area contributed by atoms with Gasteiger partial charge in [-0.05, 0) is 92.9 Å². The molecular formula is C27H37ClF2N4O. The van der Waals surface area contributed by atoms with E-state index in [9.17, 15) is 13.9 Å². The number of aromatic nitrogens is 4. The van der Waals surface area contributed by atoms with Gasteiger partial charge in [0.15, 0.2) is 0 Å². The molecule has 0 unspecified atom stereocenters. The molecule has 0 amide bonds. The van der Waals surface area contributed by atoms with E-state index in [4.69, 9.17) is 11.6 Å². The van der Waals surface area contributed by atoms with Crippen molar-refractivity contribution in [2.75, 3.05) is 0 Å². The zero-order valence-corrected chi connectivity index (χ0v) is 21.9. The molecule has 4 atom stereocenters. The minimum atomic E-state index is -3.08. The number of hydrogen-bond donors (Lipinski definition) is 1. The van der Waals surface area contributed by atoms with Crippen molar-refractivity contribution < 1.29 is 13.9 Å². The summed E-state index contributed by atoms with van der Waals surface area (Å²) >= 11 is 6.27. The number of halogens is 3. The van der Waals surface area contributed by atoms with Gasteiger partial charge in [-0.1, -0.05) is 49.2 Å². The lowest BCUT2D eigenvalue weighted by Crippen LogP contribution is -2.43. The Kier molecular flexibility index (Phi) is 7.41. The van der Waals surface area contributed by atoms with E-state index in [1.165, 1.54) is 19.4 Å². The number of benzene rings is 1. The molecule has 0 saturated heterocycles. The Morgan fingerprint density at radius 2 is 2.03 bits per heavy atom. The number of allylic oxidation sites excluding steroid dienone is 2. The largest absolute Gasteiger partial charge is 0.384 e. The molecule has 5 nitrogen and oxygen atoms in total. The molecule has 0 bridgehead atoms. The molecule has 1 heterocycles. The monoisotopic (exact) mass is 506 g/mol. The zero-order valence-electron chi connectivity index (χ0n) is 21.1. The molecule has 2 aliphatic carbocycles. The fourth-order valence-corrected chi connectivity index (χ4v) is 6.67. The summed E-state index contributed by atoms with van der Waals surface area (Å²) in [6.45, 7) is 7.42. The van der Waals surface area contributed by atoms with Crippen LogP contribution in [0.15, 0.2) is 35.9 Å². The Balaban J connectivity index is 1.43. The van der Waals surface area contributed by atoms with E-state index in [0.717, 1.165) is 37.7 Å². The van der Waals surface area contributed by atoms with E-state index in [0.29, 0.717) is 35.6 Å². The predicted octanol–water partition coefficient (Wildman–Crippen LogP) is 6.96. The maximum atomic E-state index is 14.4. The summed E-state index contributed by atoms with van der Waals surface area (Å²) in [5.41, 5.74) is 0.330. The summed E-state index contributed by atoms with van der Waals surface area (Å²) < 4.78 is 28.8. The first-order valence-electron chi connectivity index (χ1n) is 12.7. The average molecular weight is 507 g/mol. The molecule has 8 heteroatoms. The van der Waals surface area contributed by atoms with Gasteiger partial charge in [-0.2, -0.15) is 4.80 Å². The SMILES string of the molecule is C[C@H](CCC(F)(F)C(C)(C)O)[C@H]1CC[C@H]2/C(=C/Cn3nnc(-c4ccccc4Cl)n3)CCC[C@]12C. The Labute approximate surface area is 211 Å². The first kappa shape index (κ1) is 26.2. The third kappa shape index (κ3) is 5.31. The number of nitrogens with zero attached hydrogens (tertiary/aromatic N) is 4. The van der Waals surface area contributed by atoms with Crippen molar-refractivity contribution in [2.45, 2.75) is 90.7 Å². The van der Waals surface area contributed by atoms with Crippen molar-refractivity contribution >= 4 is 11.6 Å². The molecule has 1 aromatic heterocycles. The number of rotatable bonds is 8. The van der Waals surface area contributed by atoms with Gasteiger partial charge in [-0.3, -0.25) is 0 Å². The smallest absolute Gasteiger partial charge is 0.275 e. The van der Waals surface area contributed by atoms with Gasteiger partial charge in [0.2, 0.25) is 5.82 Å². The maximum absolute atomic E-state index is 14.4. The van der Waals surface area contributed by atoms with Gasteiger partial charge >= 0.3 is 0 Å². The van der Waals surface area contributed by atoms with Crippen LogP contribution in [0.2, 0.25) is 5.02 Å². The highest BCUT2D eigenvalue weighted by Crippen LogP contribution is 2.60. The number of alkyl halides is 2. The van der Waals surface area contributed by atoms with Crippen LogP contribution in [0.25, 0.3) is 11.4 Å². The molecule has 0 spiro atoms. The van der Waals surface area contributed by atoms with Crippen molar-refractivity contribution in [3.63, 3.8) is 0 Å². The van der Waals surface area contributed by atoms with E-state index in [1.54, 1.807) is 4.80 Å². The van der Waals surface area contributed by atoms with E-state index >= 15 is 0 Å². The van der Waals surface area contributed by atoms with Crippen molar-refractivity contribution in [3.05, 3.63) is 40.9 Å². The van der Waals surface area contributed by atoms with Gasteiger partial charge < -0.3 is 5.11 Å². The number of hydrogen-bond acceptors (Lipinski definition) is 4. The lowest BCUT2D eigenvalue weighted by Gasteiger charge is -2.44. The Morgan fingerprint density at radius 1 is 1.29 bits per heavy atom. The van der Waals surface area contributed by atoms with Crippen LogP contribution in [0.5, 0.6) is 0 Å². The minimum absolute atomic E-state index is 0.117. The zero-order chi connectivity index (χ0) is 25.4. The normalized spacial score (nSPS) is 27.3. The van der Waals surface area contributed by atoms with Crippen LogP contribution < -0.4 is 0 Å². The first-order valence-corrected chi connectivity index (χ1v) is 13.1. The number of tetrazole rings is 1. The van der Waals surface area contributed by atoms with E-state index in [-0.39, 0.29) is 17.8 Å². The van der Waals surface area contributed by atoms with Crippen LogP contribution in [0.4, 0.5) is 8.78 Å². The van der Waals surface area contributed by atoms with Crippen molar-refractivity contribution in [3.8, 4) is 11.4 Å². The average Bonchev–Trinajstić information content (AvgIpc) is 3.40. The van der Waals surface area contributed by atoms with E-state index in [2.05, 4.69) is 35.3 Å². The summed E-state index contributed by atoms with van der Waals surface area (Å²) in [5.74, 6) is -1.51. The lowest BCUT2D eigenvalue weighted by atomic mass is 9.60. The second-order valence-electron chi connectivity index (χ2n) is 11.3. The molecule has 35 heavy (non-hydrogen) atoms. The summed E-state index contributed by atoms with van der Waals surface area (Å²) in [6, 6.07) is 7.46. The van der Waals surface area contributed by atoms with Gasteiger partial charge in [0, 0.05) is 12.0 Å². The fraction of sp³-hybridized carbons (Fsp3) is 0.667. The molecule has 0 radical (unpaired) electrons. The number of fused-ring (bicyclic) bond motifs is 1. The quantitative estimate of drug-likeness (QED) is 0.393.